The second kappa shape index (κ2) is 8.25. The molecule has 0 aliphatic carbocycles. The third kappa shape index (κ3) is 5.04. The second-order valence-corrected chi connectivity index (χ2v) is 5.38. The quantitative estimate of drug-likeness (QED) is 0.771. The van der Waals surface area contributed by atoms with Crippen LogP contribution in [-0.4, -0.2) is 16.8 Å². The maximum Gasteiger partial charge on any atom is 0.224 e. The molecule has 0 aromatic heterocycles. The molecule has 0 saturated carbocycles. The van der Waals surface area contributed by atoms with Crippen molar-refractivity contribution in [3.8, 4) is 0 Å². The molecule has 2 rings (SSSR count). The van der Waals surface area contributed by atoms with Crippen LogP contribution in [-0.2, 0) is 17.8 Å². The van der Waals surface area contributed by atoms with Crippen LogP contribution >= 0.6 is 0 Å². The molecular weight excluding hydrogens is 290 g/mol. The third-order valence-electron chi connectivity index (χ3n) is 3.66. The molecule has 0 unspecified atom stereocenters. The monoisotopic (exact) mass is 311 g/mol. The van der Waals surface area contributed by atoms with E-state index >= 15 is 0 Å². The van der Waals surface area contributed by atoms with Gasteiger partial charge in [-0.25, -0.2) is 0 Å². The van der Waals surface area contributed by atoms with Crippen LogP contribution in [0.15, 0.2) is 48.5 Å². The summed E-state index contributed by atoms with van der Waals surface area (Å²) in [7, 11) is 0. The lowest BCUT2D eigenvalue weighted by atomic mass is 10.0. The molecule has 1 amide bonds. The van der Waals surface area contributed by atoms with E-state index < -0.39 is 0 Å². The largest absolute Gasteiger partial charge is 0.392 e. The maximum absolute atomic E-state index is 12.1. The number of ketones is 1. The van der Waals surface area contributed by atoms with Gasteiger partial charge in [0.25, 0.3) is 0 Å². The van der Waals surface area contributed by atoms with Gasteiger partial charge in [0.15, 0.2) is 5.78 Å². The van der Waals surface area contributed by atoms with Crippen LogP contribution < -0.4 is 5.32 Å². The van der Waals surface area contributed by atoms with Gasteiger partial charge >= 0.3 is 0 Å². The molecule has 4 nitrogen and oxygen atoms in total. The van der Waals surface area contributed by atoms with Crippen molar-refractivity contribution in [1.82, 2.24) is 0 Å². The van der Waals surface area contributed by atoms with Crippen LogP contribution in [0.3, 0.4) is 0 Å². The van der Waals surface area contributed by atoms with Crippen LogP contribution in [0.25, 0.3) is 0 Å². The van der Waals surface area contributed by atoms with E-state index in [-0.39, 0.29) is 31.1 Å². The minimum atomic E-state index is -0.210. The van der Waals surface area contributed by atoms with Crippen molar-refractivity contribution >= 4 is 17.4 Å². The van der Waals surface area contributed by atoms with Crippen molar-refractivity contribution in [2.24, 2.45) is 0 Å². The number of amides is 1. The second-order valence-electron chi connectivity index (χ2n) is 5.38. The molecule has 4 heteroatoms. The van der Waals surface area contributed by atoms with Crippen molar-refractivity contribution in [2.75, 3.05) is 5.32 Å². The Kier molecular flexibility index (Phi) is 6.06. The average molecular weight is 311 g/mol. The average Bonchev–Trinajstić information content (AvgIpc) is 2.60. The molecule has 0 saturated heterocycles. The van der Waals surface area contributed by atoms with E-state index in [1.807, 2.05) is 24.3 Å². The van der Waals surface area contributed by atoms with Gasteiger partial charge in [0.1, 0.15) is 0 Å². The minimum absolute atomic E-state index is 0.0353. The van der Waals surface area contributed by atoms with Gasteiger partial charge in [-0.05, 0) is 29.7 Å². The molecule has 2 aromatic carbocycles. The number of aryl methyl sites for hydroxylation is 1. The number of rotatable bonds is 7. The van der Waals surface area contributed by atoms with Gasteiger partial charge in [0.2, 0.25) is 5.91 Å². The number of benzene rings is 2. The molecule has 0 bridgehead atoms. The van der Waals surface area contributed by atoms with Crippen molar-refractivity contribution in [3.05, 3.63) is 65.2 Å². The van der Waals surface area contributed by atoms with Crippen LogP contribution in [0, 0.1) is 0 Å². The summed E-state index contributed by atoms with van der Waals surface area (Å²) in [6.07, 6.45) is 1.25. The minimum Gasteiger partial charge on any atom is -0.392 e. The lowest BCUT2D eigenvalue weighted by Gasteiger charge is -2.06. The highest BCUT2D eigenvalue weighted by molar-refractivity contribution is 6.00. The fourth-order valence-corrected chi connectivity index (χ4v) is 2.27. The van der Waals surface area contributed by atoms with Gasteiger partial charge in [-0.1, -0.05) is 43.3 Å². The maximum atomic E-state index is 12.1. The first-order chi connectivity index (χ1) is 11.1. The number of aliphatic hydroxyl groups is 1. The van der Waals surface area contributed by atoms with Crippen LogP contribution in [0.1, 0.15) is 41.3 Å². The lowest BCUT2D eigenvalue weighted by molar-refractivity contribution is -0.116. The Hall–Kier alpha value is -2.46. The highest BCUT2D eigenvalue weighted by atomic mass is 16.3. The van der Waals surface area contributed by atoms with Crippen molar-refractivity contribution in [3.63, 3.8) is 0 Å². The Bertz CT molecular complexity index is 677. The number of hydrogen-bond donors (Lipinski definition) is 2. The summed E-state index contributed by atoms with van der Waals surface area (Å²) >= 11 is 0. The molecule has 2 aromatic rings. The van der Waals surface area contributed by atoms with Crippen molar-refractivity contribution < 1.29 is 14.7 Å². The first-order valence-electron chi connectivity index (χ1n) is 7.74. The van der Waals surface area contributed by atoms with E-state index in [0.717, 1.165) is 12.0 Å². The molecule has 23 heavy (non-hydrogen) atoms. The third-order valence-corrected chi connectivity index (χ3v) is 3.66. The summed E-state index contributed by atoms with van der Waals surface area (Å²) in [5, 5.41) is 11.8. The number of carbonyl (C=O) groups is 2. The number of anilines is 1. The highest BCUT2D eigenvalue weighted by Crippen LogP contribution is 2.12. The molecule has 0 spiro atoms. The topological polar surface area (TPSA) is 66.4 Å². The summed E-state index contributed by atoms with van der Waals surface area (Å²) in [5.74, 6) is -0.245. The fourth-order valence-electron chi connectivity index (χ4n) is 2.27. The molecule has 0 heterocycles. The summed E-state index contributed by atoms with van der Waals surface area (Å²) in [4.78, 5) is 24.0. The van der Waals surface area contributed by atoms with E-state index in [1.165, 1.54) is 5.56 Å². The van der Waals surface area contributed by atoms with E-state index in [1.54, 1.807) is 24.3 Å². The zero-order valence-electron chi connectivity index (χ0n) is 13.2. The first-order valence-corrected chi connectivity index (χ1v) is 7.74. The zero-order valence-corrected chi connectivity index (χ0v) is 13.2. The predicted octanol–water partition coefficient (Wildman–Crippen LogP) is 3.34. The molecule has 2 N–H and O–H groups in total. The summed E-state index contributed by atoms with van der Waals surface area (Å²) < 4.78 is 0. The van der Waals surface area contributed by atoms with E-state index in [9.17, 15) is 9.59 Å². The van der Waals surface area contributed by atoms with Crippen LogP contribution in [0.5, 0.6) is 0 Å². The Morgan fingerprint density at radius 1 is 1.00 bits per heavy atom. The standard InChI is InChI=1S/C19H21NO3/c1-2-14-6-8-16(9-7-14)18(22)10-11-19(23)20-17-5-3-4-15(12-17)13-21/h3-9,12,21H,2,10-11,13H2,1H3,(H,20,23). The van der Waals surface area contributed by atoms with Gasteiger partial charge in [-0.3, -0.25) is 9.59 Å². The number of hydrogen-bond acceptors (Lipinski definition) is 3. The smallest absolute Gasteiger partial charge is 0.224 e. The van der Waals surface area contributed by atoms with E-state index in [2.05, 4.69) is 12.2 Å². The fraction of sp³-hybridized carbons (Fsp3) is 0.263. The molecule has 0 fully saturated rings. The molecule has 0 atom stereocenters. The van der Waals surface area contributed by atoms with Crippen molar-refractivity contribution in [2.45, 2.75) is 32.8 Å². The zero-order chi connectivity index (χ0) is 16.7. The van der Waals surface area contributed by atoms with Crippen LogP contribution in [0.2, 0.25) is 0 Å². The van der Waals surface area contributed by atoms with E-state index in [0.29, 0.717) is 11.3 Å². The number of Topliss-reactive ketones (excluding diaryl/α,β-unsaturated/α-hetero) is 1. The number of nitrogens with one attached hydrogen (secondary N) is 1. The lowest BCUT2D eigenvalue weighted by Crippen LogP contribution is -2.13. The molecule has 0 aliphatic rings. The number of aliphatic hydroxyl groups excluding tert-OH is 1. The van der Waals surface area contributed by atoms with E-state index in [4.69, 9.17) is 5.11 Å². The molecule has 0 aliphatic heterocycles. The Balaban J connectivity index is 1.86. The summed E-state index contributed by atoms with van der Waals surface area (Å²) in [6.45, 7) is 1.99. The van der Waals surface area contributed by atoms with Gasteiger partial charge < -0.3 is 10.4 Å². The number of carbonyl (C=O) groups excluding carboxylic acids is 2. The Labute approximate surface area is 136 Å². The molecular formula is C19H21NO3. The van der Waals surface area contributed by atoms with Gasteiger partial charge in [-0.15, -0.1) is 0 Å². The van der Waals surface area contributed by atoms with Gasteiger partial charge in [-0.2, -0.15) is 0 Å². The molecule has 0 radical (unpaired) electrons. The predicted molar refractivity (Wildman–Crippen MR) is 90.4 cm³/mol. The highest BCUT2D eigenvalue weighted by Gasteiger charge is 2.10. The van der Waals surface area contributed by atoms with Gasteiger partial charge in [0, 0.05) is 24.1 Å². The SMILES string of the molecule is CCc1ccc(C(=O)CCC(=O)Nc2cccc(CO)c2)cc1. The normalized spacial score (nSPS) is 10.3. The van der Waals surface area contributed by atoms with Crippen molar-refractivity contribution in [1.29, 1.82) is 0 Å². The summed E-state index contributed by atoms with van der Waals surface area (Å²) in [5.41, 5.74) is 3.18. The summed E-state index contributed by atoms with van der Waals surface area (Å²) in [6, 6.07) is 14.5. The van der Waals surface area contributed by atoms with Crippen LogP contribution in [0.4, 0.5) is 5.69 Å². The Morgan fingerprint density at radius 3 is 2.39 bits per heavy atom. The molecule has 120 valence electrons. The van der Waals surface area contributed by atoms with Gasteiger partial charge in [0.05, 0.1) is 6.61 Å². The Morgan fingerprint density at radius 2 is 1.74 bits per heavy atom. The first kappa shape index (κ1) is 16.9.